The van der Waals surface area contributed by atoms with Gasteiger partial charge in [-0.1, -0.05) is 183 Å². The van der Waals surface area contributed by atoms with Crippen molar-refractivity contribution in [3.05, 3.63) is 198 Å². The SMILES string of the molecule is [2H]c1c([2H])c([2H])c2c(c1[2H])c1ccc(Oc3[c-]c(N4[CH-]N(c5c(-c6cc(C(C)(C)C)cc(C(C)(C)C)c6)cc(C(C)(C)C)cc5-c5ccc6c(c5)C(C)(C)CCC6(C)C)c5ccccc54)ccc3)[c-]c1n2-c1cc(C(C)(C)C)ccn1.[Pt]. The summed E-state index contributed by atoms with van der Waals surface area (Å²) in [7, 11) is 0. The number of para-hydroxylation sites is 3. The van der Waals surface area contributed by atoms with Crippen LogP contribution in [0.15, 0.2) is 146 Å². The standard InChI is InChI=1S/C72H77N4O.Pt/c1-67(2,3)48-32-35-73-65(42-48)76-61-25-18-17-24-55(61)56-30-29-54(44-64(56)76)77-53-23-21-22-52(43-53)74-45-75(63-27-20-19-26-62(63)74)66-57(46-28-31-59-60(38-46)72(15,16)34-33-71(59,13)14)40-51(70(10,11)12)41-58(66)47-36-49(68(4,5)6)39-50(37-47)69(7,8)9;/h17-32,35-42,45H,33-34H2,1-16H3;/q-3;/i17D,18D,24D,25D;. The molecule has 0 radical (unpaired) electrons. The van der Waals surface area contributed by atoms with Crippen LogP contribution in [0.3, 0.4) is 0 Å². The fourth-order valence-corrected chi connectivity index (χ4v) is 11.3. The Kier molecular flexibility index (Phi) is 12.4. The molecule has 0 atom stereocenters. The monoisotopic (exact) mass is 1210 g/mol. The van der Waals surface area contributed by atoms with E-state index in [1.165, 1.54) is 44.5 Å². The van der Waals surface area contributed by atoms with Gasteiger partial charge in [0.05, 0.1) is 5.48 Å². The van der Waals surface area contributed by atoms with Crippen molar-refractivity contribution in [2.75, 3.05) is 9.80 Å². The van der Waals surface area contributed by atoms with Crippen molar-refractivity contribution in [3.63, 3.8) is 0 Å². The van der Waals surface area contributed by atoms with Gasteiger partial charge in [-0.25, -0.2) is 4.98 Å². The summed E-state index contributed by atoms with van der Waals surface area (Å²) < 4.78 is 44.1. The number of hydrogen-bond donors (Lipinski definition) is 0. The molecule has 5 nitrogen and oxygen atoms in total. The van der Waals surface area contributed by atoms with Crippen LogP contribution in [0.25, 0.3) is 49.9 Å². The summed E-state index contributed by atoms with van der Waals surface area (Å²) in [6.45, 7) is 39.1. The van der Waals surface area contributed by atoms with Crippen LogP contribution in [0.2, 0.25) is 0 Å². The van der Waals surface area contributed by atoms with Gasteiger partial charge in [0.15, 0.2) is 0 Å². The first-order chi connectivity index (χ1) is 37.8. The average molecular weight is 1210 g/mol. The summed E-state index contributed by atoms with van der Waals surface area (Å²) in [4.78, 5) is 9.39. The van der Waals surface area contributed by atoms with Crippen molar-refractivity contribution in [3.8, 4) is 39.6 Å². The Morgan fingerprint density at radius 2 is 1.14 bits per heavy atom. The quantitative estimate of drug-likeness (QED) is 0.149. The molecule has 7 aromatic carbocycles. The minimum Gasteiger partial charge on any atom is -0.509 e. The molecule has 6 heteroatoms. The van der Waals surface area contributed by atoms with E-state index >= 15 is 0 Å². The minimum absolute atomic E-state index is 0. The number of ether oxygens (including phenoxy) is 1. The number of hydrogen-bond acceptors (Lipinski definition) is 4. The van der Waals surface area contributed by atoms with Gasteiger partial charge in [-0.3, -0.25) is 0 Å². The molecule has 0 N–H and O–H groups in total. The van der Waals surface area contributed by atoms with Crippen LogP contribution in [0.1, 0.15) is 162 Å². The van der Waals surface area contributed by atoms with Crippen molar-refractivity contribution in [2.45, 2.75) is 156 Å². The molecule has 1 aliphatic carbocycles. The van der Waals surface area contributed by atoms with Crippen LogP contribution in [-0.4, -0.2) is 9.55 Å². The molecule has 0 spiro atoms. The molecule has 1 aliphatic heterocycles. The molecule has 2 aromatic heterocycles. The zero-order valence-electron chi connectivity index (χ0n) is 52.6. The largest absolute Gasteiger partial charge is 0.509 e. The van der Waals surface area contributed by atoms with Gasteiger partial charge in [0.2, 0.25) is 0 Å². The molecule has 0 amide bonds. The van der Waals surface area contributed by atoms with Crippen molar-refractivity contribution in [2.24, 2.45) is 0 Å². The summed E-state index contributed by atoms with van der Waals surface area (Å²) in [5.41, 5.74) is 16.7. The van der Waals surface area contributed by atoms with Gasteiger partial charge in [0.25, 0.3) is 0 Å². The molecule has 0 fully saturated rings. The van der Waals surface area contributed by atoms with Crippen LogP contribution in [0, 0.1) is 18.8 Å². The molecular formula is C72H77N4OPt-3. The van der Waals surface area contributed by atoms with Crippen molar-refractivity contribution in [1.29, 1.82) is 0 Å². The van der Waals surface area contributed by atoms with Crippen LogP contribution in [0.4, 0.5) is 22.7 Å². The van der Waals surface area contributed by atoms with E-state index in [-0.39, 0.29) is 77.7 Å². The molecule has 0 saturated heterocycles. The number of nitrogens with zero attached hydrogens (tertiary/aromatic N) is 4. The predicted octanol–water partition coefficient (Wildman–Crippen LogP) is 19.9. The second kappa shape index (κ2) is 19.4. The van der Waals surface area contributed by atoms with Crippen LogP contribution < -0.4 is 14.5 Å². The third-order valence-corrected chi connectivity index (χ3v) is 16.3. The number of anilines is 4. The first-order valence-electron chi connectivity index (χ1n) is 29.5. The van der Waals surface area contributed by atoms with E-state index in [4.69, 9.17) is 15.2 Å². The molecule has 404 valence electrons. The Labute approximate surface area is 486 Å². The molecule has 2 aliphatic rings. The summed E-state index contributed by atoms with van der Waals surface area (Å²) in [5, 5.41) is 1.02. The molecular weight excluding hydrogens is 1130 g/mol. The number of aromatic nitrogens is 2. The summed E-state index contributed by atoms with van der Waals surface area (Å²) in [5.74, 6) is 1.39. The fraction of sp³-hybridized carbons (Fsp3) is 0.333. The number of pyridine rings is 1. The van der Waals surface area contributed by atoms with E-state index in [0.717, 1.165) is 46.7 Å². The van der Waals surface area contributed by atoms with E-state index in [1.807, 2.05) is 30.3 Å². The Hall–Kier alpha value is -6.42. The smallest absolute Gasteiger partial charge is 0.135 e. The second-order valence-corrected chi connectivity index (χ2v) is 27.1. The zero-order chi connectivity index (χ0) is 58.3. The fourth-order valence-electron chi connectivity index (χ4n) is 11.3. The predicted molar refractivity (Wildman–Crippen MR) is 325 cm³/mol. The van der Waals surface area contributed by atoms with Gasteiger partial charge < -0.3 is 19.1 Å². The minimum atomic E-state index is -0.309. The summed E-state index contributed by atoms with van der Waals surface area (Å²) in [6.07, 6.45) is 4.01. The molecule has 78 heavy (non-hydrogen) atoms. The van der Waals surface area contributed by atoms with Gasteiger partial charge in [-0.05, 0) is 138 Å². The van der Waals surface area contributed by atoms with Gasteiger partial charge >= 0.3 is 0 Å². The van der Waals surface area contributed by atoms with Crippen LogP contribution >= 0.6 is 0 Å². The van der Waals surface area contributed by atoms with E-state index < -0.39 is 0 Å². The van der Waals surface area contributed by atoms with E-state index in [0.29, 0.717) is 39.1 Å². The Bertz CT molecular complexity index is 3980. The maximum absolute atomic E-state index is 9.15. The molecule has 0 bridgehead atoms. The van der Waals surface area contributed by atoms with E-state index in [1.54, 1.807) is 16.8 Å². The van der Waals surface area contributed by atoms with Crippen molar-refractivity contribution < 1.29 is 31.3 Å². The zero-order valence-corrected chi connectivity index (χ0v) is 50.8. The number of fused-ring (bicyclic) bond motifs is 5. The van der Waals surface area contributed by atoms with Crippen LogP contribution in [-0.2, 0) is 53.6 Å². The third kappa shape index (κ3) is 10.0. The number of rotatable bonds is 7. The summed E-state index contributed by atoms with van der Waals surface area (Å²) in [6, 6.07) is 47.9. The Morgan fingerprint density at radius 3 is 1.79 bits per heavy atom. The maximum atomic E-state index is 9.15. The second-order valence-electron chi connectivity index (χ2n) is 27.1. The van der Waals surface area contributed by atoms with Gasteiger partial charge in [-0.2, -0.15) is 12.1 Å². The van der Waals surface area contributed by atoms with Gasteiger partial charge in [0, 0.05) is 72.5 Å². The van der Waals surface area contributed by atoms with Crippen molar-refractivity contribution in [1.82, 2.24) is 9.55 Å². The molecule has 0 unspecified atom stereocenters. The van der Waals surface area contributed by atoms with Crippen LogP contribution in [0.5, 0.6) is 11.5 Å². The molecule has 11 rings (SSSR count). The normalized spacial score (nSPS) is 16.1. The average Bonchev–Trinajstić information content (AvgIpc) is 4.18. The number of benzene rings is 7. The Morgan fingerprint density at radius 1 is 0.551 bits per heavy atom. The Balaban J connectivity index is 0.00000753. The molecule has 3 heterocycles. The molecule has 0 saturated carbocycles. The first kappa shape index (κ1) is 49.8. The van der Waals surface area contributed by atoms with Gasteiger partial charge in [-0.15, -0.1) is 48.1 Å². The van der Waals surface area contributed by atoms with E-state index in [2.05, 4.69) is 218 Å². The topological polar surface area (TPSA) is 33.5 Å². The molecule has 9 aromatic rings. The van der Waals surface area contributed by atoms with Gasteiger partial charge in [0.1, 0.15) is 5.82 Å². The maximum Gasteiger partial charge on any atom is 0.135 e. The third-order valence-electron chi connectivity index (χ3n) is 16.3. The first-order valence-corrected chi connectivity index (χ1v) is 27.5. The summed E-state index contributed by atoms with van der Waals surface area (Å²) >= 11 is 0. The van der Waals surface area contributed by atoms with Crippen molar-refractivity contribution >= 4 is 44.6 Å². The van der Waals surface area contributed by atoms with E-state index in [9.17, 15) is 0 Å².